The van der Waals surface area contributed by atoms with E-state index in [1.807, 2.05) is 0 Å². The molecule has 1 aliphatic heterocycles. The summed E-state index contributed by atoms with van der Waals surface area (Å²) in [5.41, 5.74) is 1.51. The second kappa shape index (κ2) is 12.1. The van der Waals surface area contributed by atoms with Crippen LogP contribution in [0.2, 0.25) is 5.02 Å². The Labute approximate surface area is 241 Å². The third-order valence-corrected chi connectivity index (χ3v) is 6.50. The minimum Gasteiger partial charge on any atom is -0.490 e. The highest BCUT2D eigenvalue weighted by Crippen LogP contribution is 2.38. The smallest absolute Gasteiger partial charge is 0.343 e. The summed E-state index contributed by atoms with van der Waals surface area (Å²) in [5, 5.41) is 0.177. The van der Waals surface area contributed by atoms with Gasteiger partial charge < -0.3 is 9.47 Å². The number of hydrogen-bond donors (Lipinski definition) is 0. The van der Waals surface area contributed by atoms with Crippen LogP contribution in [0.5, 0.6) is 11.5 Å². The van der Waals surface area contributed by atoms with Gasteiger partial charge in [-0.05, 0) is 72.7 Å². The summed E-state index contributed by atoms with van der Waals surface area (Å²) in [4.78, 5) is 42.7. The van der Waals surface area contributed by atoms with Gasteiger partial charge in [0, 0.05) is 0 Å². The number of benzene rings is 4. The number of para-hydroxylation sites is 2. The minimum absolute atomic E-state index is 0.109. The third kappa shape index (κ3) is 5.83. The molecule has 1 saturated heterocycles. The predicted octanol–water partition coefficient (Wildman–Crippen LogP) is 7.04. The van der Waals surface area contributed by atoms with Crippen molar-refractivity contribution in [2.24, 2.45) is 0 Å². The lowest BCUT2D eigenvalue weighted by Crippen LogP contribution is -2.57. The van der Waals surface area contributed by atoms with Crippen LogP contribution >= 0.6 is 11.6 Å². The van der Waals surface area contributed by atoms with Crippen LogP contribution in [-0.2, 0) is 16.2 Å². The van der Waals surface area contributed by atoms with Crippen molar-refractivity contribution in [3.8, 4) is 11.5 Å². The molecule has 4 amide bonds. The van der Waals surface area contributed by atoms with Crippen LogP contribution < -0.4 is 19.3 Å². The summed E-state index contributed by atoms with van der Waals surface area (Å²) in [6, 6.07) is 25.0. The Morgan fingerprint density at radius 3 is 1.88 bits per heavy atom. The molecule has 0 saturated carbocycles. The normalized spacial score (nSPS) is 13.4. The number of anilines is 2. The van der Waals surface area contributed by atoms with Crippen molar-refractivity contribution in [3.05, 3.63) is 125 Å². The minimum atomic E-state index is -0.785. The van der Waals surface area contributed by atoms with E-state index in [9.17, 15) is 18.8 Å². The van der Waals surface area contributed by atoms with E-state index < -0.39 is 17.8 Å². The van der Waals surface area contributed by atoms with Crippen LogP contribution in [0.25, 0.3) is 6.08 Å². The molecule has 5 rings (SSSR count). The fourth-order valence-electron chi connectivity index (χ4n) is 4.32. The predicted molar refractivity (Wildman–Crippen MR) is 155 cm³/mol. The molecule has 7 nitrogen and oxygen atoms in total. The monoisotopic (exact) mass is 570 g/mol. The molecular weight excluding hydrogens is 547 g/mol. The zero-order valence-electron chi connectivity index (χ0n) is 21.9. The molecule has 206 valence electrons. The van der Waals surface area contributed by atoms with Gasteiger partial charge in [0.25, 0.3) is 11.8 Å². The fourth-order valence-corrected chi connectivity index (χ4v) is 4.59. The first kappa shape index (κ1) is 27.6. The highest BCUT2D eigenvalue weighted by Gasteiger charge is 2.43. The van der Waals surface area contributed by atoms with E-state index in [2.05, 4.69) is 0 Å². The van der Waals surface area contributed by atoms with Gasteiger partial charge >= 0.3 is 6.03 Å². The Balaban J connectivity index is 1.55. The van der Waals surface area contributed by atoms with Crippen LogP contribution in [0.15, 0.2) is 103 Å². The number of barbiturate groups is 1. The molecule has 4 aromatic carbocycles. The Morgan fingerprint density at radius 1 is 0.780 bits per heavy atom. The Kier molecular flexibility index (Phi) is 8.12. The first-order valence-electron chi connectivity index (χ1n) is 12.8. The first-order chi connectivity index (χ1) is 19.9. The summed E-state index contributed by atoms with van der Waals surface area (Å²) in [5.74, 6) is -1.36. The lowest BCUT2D eigenvalue weighted by Gasteiger charge is -2.34. The molecule has 0 bridgehead atoms. The van der Waals surface area contributed by atoms with Crippen LogP contribution in [-0.4, -0.2) is 24.5 Å². The lowest BCUT2D eigenvalue weighted by atomic mass is 10.0. The number of ether oxygens (including phenoxy) is 2. The number of hydrogen-bond acceptors (Lipinski definition) is 5. The van der Waals surface area contributed by atoms with E-state index in [0.717, 1.165) is 15.4 Å². The number of amides is 4. The average molecular weight is 571 g/mol. The highest BCUT2D eigenvalue weighted by molar-refractivity contribution is 6.46. The number of urea groups is 1. The van der Waals surface area contributed by atoms with E-state index in [-0.39, 0.29) is 28.8 Å². The molecule has 41 heavy (non-hydrogen) atoms. The highest BCUT2D eigenvalue weighted by atomic mass is 35.5. The van der Waals surface area contributed by atoms with Gasteiger partial charge in [-0.25, -0.2) is 19.0 Å². The maximum Gasteiger partial charge on any atom is 0.343 e. The van der Waals surface area contributed by atoms with Gasteiger partial charge in [-0.3, -0.25) is 9.59 Å². The third-order valence-electron chi connectivity index (χ3n) is 6.22. The van der Waals surface area contributed by atoms with Gasteiger partial charge in [-0.2, -0.15) is 0 Å². The van der Waals surface area contributed by atoms with Crippen LogP contribution in [0.3, 0.4) is 0 Å². The van der Waals surface area contributed by atoms with Gasteiger partial charge in [0.2, 0.25) is 0 Å². The summed E-state index contributed by atoms with van der Waals surface area (Å²) >= 11 is 6.59. The summed E-state index contributed by atoms with van der Waals surface area (Å²) in [6.07, 6.45) is 1.38. The van der Waals surface area contributed by atoms with Gasteiger partial charge in [-0.15, -0.1) is 0 Å². The van der Waals surface area contributed by atoms with Gasteiger partial charge in [-0.1, -0.05) is 60.1 Å². The number of nitrogens with zero attached hydrogens (tertiary/aromatic N) is 2. The quantitative estimate of drug-likeness (QED) is 0.168. The second-order valence-electron chi connectivity index (χ2n) is 8.97. The molecule has 0 aromatic heterocycles. The van der Waals surface area contributed by atoms with Crippen molar-refractivity contribution < 1.29 is 28.2 Å². The number of rotatable bonds is 8. The molecule has 0 radical (unpaired) electrons. The van der Waals surface area contributed by atoms with E-state index in [4.69, 9.17) is 21.1 Å². The SMILES string of the molecule is CCOc1cc(C=C2C(=O)N(c3ccccc3)C(=O)N(c3ccccc3)C2=O)cc(Cl)c1OCc1ccc(F)cc1. The van der Waals surface area contributed by atoms with Gasteiger partial charge in [0.05, 0.1) is 23.0 Å². The molecule has 1 fully saturated rings. The molecule has 0 N–H and O–H groups in total. The van der Waals surface area contributed by atoms with Crippen molar-refractivity contribution in [3.63, 3.8) is 0 Å². The van der Waals surface area contributed by atoms with E-state index in [1.54, 1.807) is 85.8 Å². The summed E-state index contributed by atoms with van der Waals surface area (Å²) in [6.45, 7) is 2.19. The summed E-state index contributed by atoms with van der Waals surface area (Å²) in [7, 11) is 0. The topological polar surface area (TPSA) is 76.2 Å². The zero-order valence-corrected chi connectivity index (χ0v) is 22.7. The Bertz CT molecular complexity index is 1560. The van der Waals surface area contributed by atoms with Crippen molar-refractivity contribution >= 4 is 46.9 Å². The van der Waals surface area contributed by atoms with E-state index in [1.165, 1.54) is 24.3 Å². The average Bonchev–Trinajstić information content (AvgIpc) is 2.97. The fraction of sp³-hybridized carbons (Fsp3) is 0.0938. The molecule has 0 unspecified atom stereocenters. The standard InChI is InChI=1S/C32H24ClFN2O5/c1-2-40-28-19-22(18-27(33)29(28)41-20-21-13-15-23(34)16-14-21)17-26-30(37)35(24-9-5-3-6-10-24)32(39)36(31(26)38)25-11-7-4-8-12-25/h3-19H,2,20H2,1H3. The Morgan fingerprint density at radius 2 is 1.34 bits per heavy atom. The van der Waals surface area contributed by atoms with Gasteiger partial charge in [0.1, 0.15) is 18.0 Å². The first-order valence-corrected chi connectivity index (χ1v) is 13.1. The van der Waals surface area contributed by atoms with Gasteiger partial charge in [0.15, 0.2) is 11.5 Å². The van der Waals surface area contributed by atoms with Crippen LogP contribution in [0.4, 0.5) is 20.6 Å². The van der Waals surface area contributed by atoms with Crippen molar-refractivity contribution in [2.45, 2.75) is 13.5 Å². The molecule has 0 atom stereocenters. The van der Waals surface area contributed by atoms with Crippen molar-refractivity contribution in [1.29, 1.82) is 0 Å². The maximum absolute atomic E-state index is 13.6. The molecule has 4 aromatic rings. The molecular formula is C32H24ClFN2O5. The van der Waals surface area contributed by atoms with E-state index >= 15 is 0 Å². The lowest BCUT2D eigenvalue weighted by molar-refractivity contribution is -0.121. The number of imide groups is 2. The molecule has 1 heterocycles. The van der Waals surface area contributed by atoms with Crippen molar-refractivity contribution in [1.82, 2.24) is 0 Å². The molecule has 1 aliphatic rings. The number of carbonyl (C=O) groups is 3. The second-order valence-corrected chi connectivity index (χ2v) is 9.38. The molecule has 0 spiro atoms. The maximum atomic E-state index is 13.6. The largest absolute Gasteiger partial charge is 0.490 e. The van der Waals surface area contributed by atoms with Crippen molar-refractivity contribution in [2.75, 3.05) is 16.4 Å². The van der Waals surface area contributed by atoms with Crippen LogP contribution in [0, 0.1) is 5.82 Å². The Hall–Kier alpha value is -4.95. The zero-order chi connectivity index (χ0) is 28.9. The summed E-state index contributed by atoms with van der Waals surface area (Å²) < 4.78 is 24.9. The number of carbonyl (C=O) groups excluding carboxylic acids is 3. The van der Waals surface area contributed by atoms with Crippen LogP contribution in [0.1, 0.15) is 18.1 Å². The van der Waals surface area contributed by atoms with E-state index in [0.29, 0.717) is 29.3 Å². The molecule has 0 aliphatic carbocycles. The molecule has 9 heteroatoms. The number of halogens is 2.